The van der Waals surface area contributed by atoms with E-state index in [1.54, 1.807) is 0 Å². The summed E-state index contributed by atoms with van der Waals surface area (Å²) in [5.74, 6) is 0.906. The van der Waals surface area contributed by atoms with E-state index >= 15 is 0 Å². The average Bonchev–Trinajstić information content (AvgIpc) is 3.24. The van der Waals surface area contributed by atoms with E-state index in [4.69, 9.17) is 0 Å². The number of aryl methyl sites for hydroxylation is 1. The minimum Gasteiger partial charge on any atom is -0.350 e. The number of aromatic nitrogens is 1. The first kappa shape index (κ1) is 18.4. The van der Waals surface area contributed by atoms with Gasteiger partial charge in [0.25, 0.3) is 5.91 Å². The van der Waals surface area contributed by atoms with E-state index in [-0.39, 0.29) is 5.91 Å². The molecule has 0 atom stereocenters. The molecule has 1 saturated heterocycles. The van der Waals surface area contributed by atoms with Crippen LogP contribution in [0, 0.1) is 12.8 Å². The summed E-state index contributed by atoms with van der Waals surface area (Å²) in [5, 5.41) is 1.20. The lowest BCUT2D eigenvalue weighted by Crippen LogP contribution is -2.35. The van der Waals surface area contributed by atoms with E-state index in [2.05, 4.69) is 65.3 Å². The molecular weight excluding hydrogens is 358 g/mol. The van der Waals surface area contributed by atoms with Crippen molar-refractivity contribution < 1.29 is 4.79 Å². The topological polar surface area (TPSA) is 39.3 Å². The molecule has 0 spiro atoms. The number of H-pyrrole nitrogens is 1. The first-order valence-corrected chi connectivity index (χ1v) is 10.8. The number of benzene rings is 2. The summed E-state index contributed by atoms with van der Waals surface area (Å²) in [7, 11) is 0. The fourth-order valence-electron chi connectivity index (χ4n) is 4.93. The van der Waals surface area contributed by atoms with Gasteiger partial charge in [-0.25, -0.2) is 0 Å². The van der Waals surface area contributed by atoms with Gasteiger partial charge >= 0.3 is 0 Å². The highest BCUT2D eigenvalue weighted by Crippen LogP contribution is 2.32. The van der Waals surface area contributed by atoms with Gasteiger partial charge in [-0.1, -0.05) is 42.5 Å². The highest BCUT2D eigenvalue weighted by atomic mass is 16.2. The number of fused-ring (bicyclic) bond motifs is 3. The van der Waals surface area contributed by atoms with Crippen molar-refractivity contribution in [2.45, 2.75) is 39.3 Å². The fraction of sp³-hybridized carbons (Fsp3) is 0.400. The Morgan fingerprint density at radius 1 is 1.07 bits per heavy atom. The van der Waals surface area contributed by atoms with Gasteiger partial charge in [-0.3, -0.25) is 9.69 Å². The highest BCUT2D eigenvalue weighted by Gasteiger charge is 2.31. The van der Waals surface area contributed by atoms with Crippen LogP contribution in [0.4, 0.5) is 0 Å². The van der Waals surface area contributed by atoms with Gasteiger partial charge < -0.3 is 9.88 Å². The summed E-state index contributed by atoms with van der Waals surface area (Å²) in [6.07, 6.45) is 3.59. The van der Waals surface area contributed by atoms with Crippen LogP contribution >= 0.6 is 0 Å². The van der Waals surface area contributed by atoms with Gasteiger partial charge in [0.1, 0.15) is 5.69 Å². The maximum absolute atomic E-state index is 12.9. The van der Waals surface area contributed by atoms with Crippen molar-refractivity contribution in [1.82, 2.24) is 14.8 Å². The molecule has 4 heteroatoms. The van der Waals surface area contributed by atoms with Gasteiger partial charge in [0.15, 0.2) is 0 Å². The summed E-state index contributed by atoms with van der Waals surface area (Å²) >= 11 is 0. The van der Waals surface area contributed by atoms with Crippen molar-refractivity contribution in [2.24, 2.45) is 5.92 Å². The fourth-order valence-corrected chi connectivity index (χ4v) is 4.93. The standard InChI is InChI=1S/C25H29N3O/c1-18-7-8-21-22-17-28(25(29)24(22)26-23(21)15-18)14-11-19-9-12-27(13-10-19)16-20-5-3-2-4-6-20/h2-8,15,19,26H,9-14,16-17H2,1H3. The Balaban J connectivity index is 1.14. The molecule has 0 aliphatic carbocycles. The summed E-state index contributed by atoms with van der Waals surface area (Å²) in [6.45, 7) is 7.10. The van der Waals surface area contributed by atoms with Crippen LogP contribution in [0.5, 0.6) is 0 Å². The van der Waals surface area contributed by atoms with Crippen molar-refractivity contribution in [2.75, 3.05) is 19.6 Å². The molecule has 29 heavy (non-hydrogen) atoms. The van der Waals surface area contributed by atoms with E-state index in [0.717, 1.165) is 56.3 Å². The number of hydrogen-bond donors (Lipinski definition) is 1. The van der Waals surface area contributed by atoms with Gasteiger partial charge in [-0.2, -0.15) is 0 Å². The smallest absolute Gasteiger partial charge is 0.270 e. The van der Waals surface area contributed by atoms with Gasteiger partial charge in [0, 0.05) is 36.1 Å². The van der Waals surface area contributed by atoms with Crippen LogP contribution in [-0.4, -0.2) is 40.3 Å². The maximum Gasteiger partial charge on any atom is 0.270 e. The van der Waals surface area contributed by atoms with Crippen LogP contribution in [0.1, 0.15) is 46.4 Å². The molecule has 1 N–H and O–H groups in total. The minimum absolute atomic E-state index is 0.176. The van der Waals surface area contributed by atoms with Gasteiger partial charge in [-0.05, 0) is 62.4 Å². The SMILES string of the molecule is Cc1ccc2c3c([nH]c2c1)C(=O)N(CCC1CCN(Cc2ccccc2)CC1)C3. The first-order chi connectivity index (χ1) is 14.2. The van der Waals surface area contributed by atoms with E-state index < -0.39 is 0 Å². The third kappa shape index (κ3) is 3.69. The third-order valence-corrected chi connectivity index (χ3v) is 6.68. The zero-order chi connectivity index (χ0) is 19.8. The summed E-state index contributed by atoms with van der Waals surface area (Å²) < 4.78 is 0. The minimum atomic E-state index is 0.176. The molecule has 150 valence electrons. The lowest BCUT2D eigenvalue weighted by molar-refractivity contribution is 0.0753. The molecule has 2 aromatic carbocycles. The zero-order valence-electron chi connectivity index (χ0n) is 17.2. The second kappa shape index (κ2) is 7.68. The largest absolute Gasteiger partial charge is 0.350 e. The number of piperidine rings is 1. The molecule has 1 amide bonds. The van der Waals surface area contributed by atoms with Crippen LogP contribution in [0.3, 0.4) is 0 Å². The Morgan fingerprint density at radius 2 is 1.86 bits per heavy atom. The quantitative estimate of drug-likeness (QED) is 0.687. The number of nitrogens with one attached hydrogen (secondary N) is 1. The zero-order valence-corrected chi connectivity index (χ0v) is 17.2. The number of nitrogens with zero attached hydrogens (tertiary/aromatic N) is 2. The van der Waals surface area contributed by atoms with Crippen molar-refractivity contribution in [3.63, 3.8) is 0 Å². The van der Waals surface area contributed by atoms with Gasteiger partial charge in [0.2, 0.25) is 0 Å². The van der Waals surface area contributed by atoms with Gasteiger partial charge in [-0.15, -0.1) is 0 Å². The van der Waals surface area contributed by atoms with Crippen molar-refractivity contribution in [3.05, 3.63) is 70.9 Å². The predicted octanol–water partition coefficient (Wildman–Crippen LogP) is 4.73. The number of carbonyl (C=O) groups excluding carboxylic acids is 1. The van der Waals surface area contributed by atoms with E-state index in [9.17, 15) is 4.79 Å². The summed E-state index contributed by atoms with van der Waals surface area (Å²) in [5.41, 5.74) is 5.71. The molecule has 5 rings (SSSR count). The van der Waals surface area contributed by atoms with Crippen molar-refractivity contribution in [3.8, 4) is 0 Å². The lowest BCUT2D eigenvalue weighted by Gasteiger charge is -2.32. The van der Waals surface area contributed by atoms with Crippen molar-refractivity contribution >= 4 is 16.8 Å². The molecule has 1 aromatic heterocycles. The van der Waals surface area contributed by atoms with Crippen LogP contribution in [0.2, 0.25) is 0 Å². The Hall–Kier alpha value is -2.59. The molecule has 0 unspecified atom stereocenters. The van der Waals surface area contributed by atoms with Gasteiger partial charge in [0.05, 0.1) is 0 Å². The molecule has 3 heterocycles. The van der Waals surface area contributed by atoms with Crippen molar-refractivity contribution in [1.29, 1.82) is 0 Å². The Morgan fingerprint density at radius 3 is 2.66 bits per heavy atom. The third-order valence-electron chi connectivity index (χ3n) is 6.68. The molecule has 2 aliphatic rings. The van der Waals surface area contributed by atoms with Crippen LogP contribution in [-0.2, 0) is 13.1 Å². The number of likely N-dealkylation sites (tertiary alicyclic amines) is 1. The normalized spacial score (nSPS) is 18.0. The maximum atomic E-state index is 12.9. The molecule has 0 radical (unpaired) electrons. The average molecular weight is 388 g/mol. The number of carbonyl (C=O) groups is 1. The first-order valence-electron chi connectivity index (χ1n) is 10.8. The number of rotatable bonds is 5. The molecule has 0 saturated carbocycles. The molecule has 0 bridgehead atoms. The van der Waals surface area contributed by atoms with E-state index in [1.165, 1.54) is 34.9 Å². The second-order valence-corrected chi connectivity index (χ2v) is 8.75. The van der Waals surface area contributed by atoms with E-state index in [1.807, 2.05) is 4.90 Å². The molecule has 4 nitrogen and oxygen atoms in total. The number of aromatic amines is 1. The molecule has 1 fully saturated rings. The molecule has 3 aromatic rings. The molecular formula is C25H29N3O. The monoisotopic (exact) mass is 387 g/mol. The molecule has 2 aliphatic heterocycles. The van der Waals surface area contributed by atoms with Crippen LogP contribution in [0.25, 0.3) is 10.9 Å². The Kier molecular flexibility index (Phi) is 4.88. The summed E-state index contributed by atoms with van der Waals surface area (Å²) in [6, 6.07) is 17.2. The lowest BCUT2D eigenvalue weighted by atomic mass is 9.93. The number of hydrogen-bond acceptors (Lipinski definition) is 2. The number of amides is 1. The van der Waals surface area contributed by atoms with Crippen LogP contribution in [0.15, 0.2) is 48.5 Å². The predicted molar refractivity (Wildman–Crippen MR) is 117 cm³/mol. The Bertz CT molecular complexity index is 1020. The second-order valence-electron chi connectivity index (χ2n) is 8.75. The van der Waals surface area contributed by atoms with E-state index in [0.29, 0.717) is 0 Å². The summed E-state index contributed by atoms with van der Waals surface area (Å²) in [4.78, 5) is 20.8. The Labute approximate surface area is 172 Å². The van der Waals surface area contributed by atoms with Crippen LogP contribution < -0.4 is 0 Å². The highest BCUT2D eigenvalue weighted by molar-refractivity contribution is 6.04.